The summed E-state index contributed by atoms with van der Waals surface area (Å²) in [7, 11) is 1.62. The molecule has 0 aliphatic carbocycles. The number of ether oxygens (including phenoxy) is 1. The van der Waals surface area contributed by atoms with E-state index in [9.17, 15) is 14.7 Å². The summed E-state index contributed by atoms with van der Waals surface area (Å²) in [6.45, 7) is 1.97. The Morgan fingerprint density at radius 3 is 2.55 bits per heavy atom. The van der Waals surface area contributed by atoms with E-state index in [1.165, 1.54) is 0 Å². The second-order valence-corrected chi connectivity index (χ2v) is 7.35. The molecule has 0 aliphatic rings. The SMILES string of the molecule is COc1ccccc1CC(C)CC(=O)NC(Cc1c[nH]c2ccccc12)C(=O)O. The summed E-state index contributed by atoms with van der Waals surface area (Å²) in [4.78, 5) is 27.3. The van der Waals surface area contributed by atoms with Crippen LogP contribution in [0.25, 0.3) is 10.9 Å². The van der Waals surface area contributed by atoms with Crippen molar-refractivity contribution in [3.63, 3.8) is 0 Å². The van der Waals surface area contributed by atoms with Crippen LogP contribution in [-0.2, 0) is 22.4 Å². The lowest BCUT2D eigenvalue weighted by atomic mass is 9.96. The van der Waals surface area contributed by atoms with Crippen LogP contribution in [-0.4, -0.2) is 35.1 Å². The molecule has 6 heteroatoms. The van der Waals surface area contributed by atoms with Crippen LogP contribution in [0.15, 0.2) is 54.7 Å². The van der Waals surface area contributed by atoms with Crippen LogP contribution < -0.4 is 10.1 Å². The molecule has 3 aromatic rings. The van der Waals surface area contributed by atoms with Crippen molar-refractivity contribution >= 4 is 22.8 Å². The lowest BCUT2D eigenvalue weighted by Gasteiger charge is -2.17. The minimum atomic E-state index is -1.04. The second kappa shape index (κ2) is 9.28. The van der Waals surface area contributed by atoms with Crippen molar-refractivity contribution in [2.45, 2.75) is 32.2 Å². The van der Waals surface area contributed by atoms with E-state index < -0.39 is 12.0 Å². The molecule has 1 aromatic heterocycles. The third-order valence-corrected chi connectivity index (χ3v) is 5.03. The summed E-state index contributed by atoms with van der Waals surface area (Å²) in [5.74, 6) is -0.461. The number of H-pyrrole nitrogens is 1. The highest BCUT2D eigenvalue weighted by atomic mass is 16.5. The van der Waals surface area contributed by atoms with Gasteiger partial charge in [0.2, 0.25) is 5.91 Å². The zero-order valence-electron chi connectivity index (χ0n) is 16.6. The molecule has 2 aromatic carbocycles. The molecule has 0 aliphatic heterocycles. The van der Waals surface area contributed by atoms with Gasteiger partial charge >= 0.3 is 5.97 Å². The number of aliphatic carboxylic acids is 1. The molecular weight excluding hydrogens is 368 g/mol. The normalized spacial score (nSPS) is 13.0. The van der Waals surface area contributed by atoms with Crippen LogP contribution in [0, 0.1) is 5.92 Å². The van der Waals surface area contributed by atoms with Gasteiger partial charge in [-0.05, 0) is 35.6 Å². The number of carbonyl (C=O) groups excluding carboxylic acids is 1. The summed E-state index contributed by atoms with van der Waals surface area (Å²) in [6.07, 6.45) is 2.95. The minimum absolute atomic E-state index is 0.0498. The number of nitrogens with one attached hydrogen (secondary N) is 2. The van der Waals surface area contributed by atoms with Gasteiger partial charge in [-0.1, -0.05) is 43.3 Å². The van der Waals surface area contributed by atoms with Gasteiger partial charge in [-0.25, -0.2) is 4.79 Å². The largest absolute Gasteiger partial charge is 0.496 e. The molecule has 0 spiro atoms. The van der Waals surface area contributed by atoms with Gasteiger partial charge in [0, 0.05) is 29.9 Å². The first-order valence-electron chi connectivity index (χ1n) is 9.67. The van der Waals surface area contributed by atoms with E-state index in [0.717, 1.165) is 27.8 Å². The highest BCUT2D eigenvalue weighted by molar-refractivity contribution is 5.86. The topological polar surface area (TPSA) is 91.4 Å². The van der Waals surface area contributed by atoms with Crippen molar-refractivity contribution in [1.82, 2.24) is 10.3 Å². The minimum Gasteiger partial charge on any atom is -0.496 e. The van der Waals surface area contributed by atoms with E-state index >= 15 is 0 Å². The lowest BCUT2D eigenvalue weighted by molar-refractivity contribution is -0.141. The highest BCUT2D eigenvalue weighted by Gasteiger charge is 2.23. The molecule has 2 unspecified atom stereocenters. The lowest BCUT2D eigenvalue weighted by Crippen LogP contribution is -2.42. The number of fused-ring (bicyclic) bond motifs is 1. The monoisotopic (exact) mass is 394 g/mol. The van der Waals surface area contributed by atoms with Gasteiger partial charge < -0.3 is 20.1 Å². The molecular formula is C23H26N2O4. The number of amides is 1. The van der Waals surface area contributed by atoms with Gasteiger partial charge in [0.1, 0.15) is 11.8 Å². The maximum absolute atomic E-state index is 12.5. The van der Waals surface area contributed by atoms with E-state index in [1.54, 1.807) is 13.3 Å². The Morgan fingerprint density at radius 1 is 1.07 bits per heavy atom. The Morgan fingerprint density at radius 2 is 1.79 bits per heavy atom. The first-order chi connectivity index (χ1) is 14.0. The van der Waals surface area contributed by atoms with E-state index in [1.807, 2.05) is 55.5 Å². The quantitative estimate of drug-likeness (QED) is 0.517. The highest BCUT2D eigenvalue weighted by Crippen LogP contribution is 2.22. The molecule has 0 fully saturated rings. The maximum Gasteiger partial charge on any atom is 0.326 e. The molecule has 0 radical (unpaired) electrons. The summed E-state index contributed by atoms with van der Waals surface area (Å²) >= 11 is 0. The number of hydrogen-bond donors (Lipinski definition) is 3. The average molecular weight is 394 g/mol. The first kappa shape index (κ1) is 20.5. The third kappa shape index (κ3) is 5.16. The maximum atomic E-state index is 12.5. The Balaban J connectivity index is 1.61. The fourth-order valence-corrected chi connectivity index (χ4v) is 3.61. The van der Waals surface area contributed by atoms with Crippen molar-refractivity contribution in [2.24, 2.45) is 5.92 Å². The number of para-hydroxylation sites is 2. The smallest absolute Gasteiger partial charge is 0.326 e. The predicted molar refractivity (Wildman–Crippen MR) is 112 cm³/mol. The average Bonchev–Trinajstić information content (AvgIpc) is 3.10. The molecule has 0 saturated heterocycles. The van der Waals surface area contributed by atoms with Crippen LogP contribution in [0.3, 0.4) is 0 Å². The molecule has 0 bridgehead atoms. The van der Waals surface area contributed by atoms with Crippen molar-refractivity contribution in [3.8, 4) is 5.75 Å². The van der Waals surface area contributed by atoms with E-state index in [2.05, 4.69) is 10.3 Å². The summed E-state index contributed by atoms with van der Waals surface area (Å²) in [5, 5.41) is 13.2. The zero-order chi connectivity index (χ0) is 20.8. The number of aromatic amines is 1. The number of carbonyl (C=O) groups is 2. The fraction of sp³-hybridized carbons (Fsp3) is 0.304. The Labute approximate surface area is 169 Å². The van der Waals surface area contributed by atoms with Crippen molar-refractivity contribution in [3.05, 3.63) is 65.9 Å². The first-order valence-corrected chi connectivity index (χ1v) is 9.67. The number of rotatable bonds is 9. The van der Waals surface area contributed by atoms with Crippen LogP contribution >= 0.6 is 0 Å². The van der Waals surface area contributed by atoms with Gasteiger partial charge in [-0.2, -0.15) is 0 Å². The summed E-state index contributed by atoms with van der Waals surface area (Å²) in [5.41, 5.74) is 2.85. The second-order valence-electron chi connectivity index (χ2n) is 7.35. The molecule has 3 rings (SSSR count). The summed E-state index contributed by atoms with van der Waals surface area (Å²) < 4.78 is 5.36. The van der Waals surface area contributed by atoms with E-state index in [4.69, 9.17) is 4.74 Å². The van der Waals surface area contributed by atoms with Crippen LogP contribution in [0.5, 0.6) is 5.75 Å². The molecule has 1 heterocycles. The Hall–Kier alpha value is -3.28. The molecule has 2 atom stereocenters. The van der Waals surface area contributed by atoms with Gasteiger partial charge in [-0.3, -0.25) is 4.79 Å². The standard InChI is InChI=1S/C23H26N2O4/c1-15(11-16-7-3-6-10-21(16)29-2)12-22(26)25-20(23(27)28)13-17-14-24-19-9-5-4-8-18(17)19/h3-10,14-15,20,24H,11-13H2,1-2H3,(H,25,26)(H,27,28). The number of benzene rings is 2. The number of carboxylic acid groups (broad SMARTS) is 1. The van der Waals surface area contributed by atoms with Crippen LogP contribution in [0.2, 0.25) is 0 Å². The van der Waals surface area contributed by atoms with Gasteiger partial charge in [0.25, 0.3) is 0 Å². The number of methoxy groups -OCH3 is 1. The van der Waals surface area contributed by atoms with Gasteiger partial charge in [0.15, 0.2) is 0 Å². The van der Waals surface area contributed by atoms with Crippen LogP contribution in [0.4, 0.5) is 0 Å². The summed E-state index contributed by atoms with van der Waals surface area (Å²) in [6, 6.07) is 14.4. The van der Waals surface area contributed by atoms with Crippen molar-refractivity contribution < 1.29 is 19.4 Å². The van der Waals surface area contributed by atoms with E-state index in [-0.39, 0.29) is 24.7 Å². The number of hydrogen-bond acceptors (Lipinski definition) is 3. The van der Waals surface area contributed by atoms with Crippen molar-refractivity contribution in [2.75, 3.05) is 7.11 Å². The fourth-order valence-electron chi connectivity index (χ4n) is 3.61. The van der Waals surface area contributed by atoms with Gasteiger partial charge in [0.05, 0.1) is 7.11 Å². The Kier molecular flexibility index (Phi) is 6.54. The molecule has 6 nitrogen and oxygen atoms in total. The molecule has 29 heavy (non-hydrogen) atoms. The number of carboxylic acids is 1. The number of aromatic nitrogens is 1. The Bertz CT molecular complexity index is 995. The van der Waals surface area contributed by atoms with E-state index in [0.29, 0.717) is 6.42 Å². The molecule has 152 valence electrons. The van der Waals surface area contributed by atoms with Crippen LogP contribution in [0.1, 0.15) is 24.5 Å². The van der Waals surface area contributed by atoms with Gasteiger partial charge in [-0.15, -0.1) is 0 Å². The third-order valence-electron chi connectivity index (χ3n) is 5.03. The molecule has 3 N–H and O–H groups in total. The molecule has 0 saturated carbocycles. The molecule has 1 amide bonds. The zero-order valence-corrected chi connectivity index (χ0v) is 16.6. The van der Waals surface area contributed by atoms with Crippen molar-refractivity contribution in [1.29, 1.82) is 0 Å². The predicted octanol–water partition coefficient (Wildman–Crippen LogP) is 3.56.